The lowest BCUT2D eigenvalue weighted by molar-refractivity contribution is -0.138. The monoisotopic (exact) mass is 440 g/mol. The zero-order valence-corrected chi connectivity index (χ0v) is 18.5. The highest BCUT2D eigenvalue weighted by Gasteiger charge is 2.34. The normalized spacial score (nSPS) is 21.9. The van der Waals surface area contributed by atoms with Gasteiger partial charge in [0.15, 0.2) is 0 Å². The minimum Gasteiger partial charge on any atom is -0.343 e. The third-order valence-electron chi connectivity index (χ3n) is 7.16. The van der Waals surface area contributed by atoms with Gasteiger partial charge in [-0.3, -0.25) is 9.59 Å². The van der Waals surface area contributed by atoms with Crippen LogP contribution in [0.25, 0.3) is 0 Å². The van der Waals surface area contributed by atoms with E-state index in [0.29, 0.717) is 31.8 Å². The van der Waals surface area contributed by atoms with Crippen molar-refractivity contribution in [3.63, 3.8) is 0 Å². The van der Waals surface area contributed by atoms with Crippen molar-refractivity contribution in [2.24, 2.45) is 5.92 Å². The van der Waals surface area contributed by atoms with Gasteiger partial charge in [-0.25, -0.2) is 8.78 Å². The summed E-state index contributed by atoms with van der Waals surface area (Å²) < 4.78 is 27.1. The highest BCUT2D eigenvalue weighted by molar-refractivity contribution is 5.94. The van der Waals surface area contributed by atoms with Gasteiger partial charge in [-0.05, 0) is 62.1 Å². The number of piperidine rings is 1. The van der Waals surface area contributed by atoms with E-state index in [4.69, 9.17) is 0 Å². The Labute approximate surface area is 188 Å². The van der Waals surface area contributed by atoms with E-state index in [1.54, 1.807) is 4.90 Å². The smallest absolute Gasteiger partial charge is 0.256 e. The van der Waals surface area contributed by atoms with Crippen LogP contribution in [0.2, 0.25) is 0 Å². The van der Waals surface area contributed by atoms with Gasteiger partial charge in [0.2, 0.25) is 5.91 Å². The molecular formula is C26H30F2N2O2. The Morgan fingerprint density at radius 2 is 1.56 bits per heavy atom. The number of carbonyl (C=O) groups is 2. The molecule has 1 saturated carbocycles. The number of amides is 2. The average Bonchev–Trinajstić information content (AvgIpc) is 2.83. The lowest BCUT2D eigenvalue weighted by Crippen LogP contribution is -2.47. The summed E-state index contributed by atoms with van der Waals surface area (Å²) in [6.45, 7) is 0.807. The third-order valence-corrected chi connectivity index (χ3v) is 7.16. The number of likely N-dealkylation sites (tertiary alicyclic amines) is 1. The summed E-state index contributed by atoms with van der Waals surface area (Å²) in [6, 6.07) is 13.8. The maximum Gasteiger partial charge on any atom is 0.256 e. The molecule has 2 aromatic carbocycles. The minimum absolute atomic E-state index is 0.117. The average molecular weight is 441 g/mol. The van der Waals surface area contributed by atoms with Gasteiger partial charge in [-0.2, -0.15) is 0 Å². The van der Waals surface area contributed by atoms with E-state index in [1.165, 1.54) is 11.6 Å². The van der Waals surface area contributed by atoms with Gasteiger partial charge in [0, 0.05) is 38.2 Å². The second-order valence-electron chi connectivity index (χ2n) is 9.06. The number of benzene rings is 2. The molecule has 2 aromatic rings. The summed E-state index contributed by atoms with van der Waals surface area (Å²) in [4.78, 5) is 29.2. The SMILES string of the molecule is CN(C(=O)C1CCN(C(=O)c2ccc(F)cc2F)CC1)C1CCC(c2ccccc2)CC1. The summed E-state index contributed by atoms with van der Waals surface area (Å²) in [5.41, 5.74) is 1.26. The molecule has 2 fully saturated rings. The van der Waals surface area contributed by atoms with Crippen LogP contribution in [-0.2, 0) is 4.79 Å². The quantitative estimate of drug-likeness (QED) is 0.671. The van der Waals surface area contributed by atoms with Crippen LogP contribution in [0.4, 0.5) is 8.78 Å². The molecule has 32 heavy (non-hydrogen) atoms. The van der Waals surface area contributed by atoms with Crippen LogP contribution in [-0.4, -0.2) is 47.8 Å². The highest BCUT2D eigenvalue weighted by atomic mass is 19.1. The fraction of sp³-hybridized carbons (Fsp3) is 0.462. The van der Waals surface area contributed by atoms with Gasteiger partial charge in [0.1, 0.15) is 11.6 Å². The van der Waals surface area contributed by atoms with Crippen molar-refractivity contribution in [3.05, 3.63) is 71.3 Å². The summed E-state index contributed by atoms with van der Waals surface area (Å²) >= 11 is 0. The zero-order chi connectivity index (χ0) is 22.7. The minimum atomic E-state index is -0.848. The fourth-order valence-electron chi connectivity index (χ4n) is 5.15. The molecule has 1 heterocycles. The van der Waals surface area contributed by atoms with Crippen LogP contribution in [0.5, 0.6) is 0 Å². The molecule has 0 unspecified atom stereocenters. The van der Waals surface area contributed by atoms with Gasteiger partial charge in [-0.1, -0.05) is 30.3 Å². The fourth-order valence-corrected chi connectivity index (χ4v) is 5.15. The lowest BCUT2D eigenvalue weighted by Gasteiger charge is -2.38. The van der Waals surface area contributed by atoms with Gasteiger partial charge < -0.3 is 9.80 Å². The van der Waals surface area contributed by atoms with Gasteiger partial charge in [0.25, 0.3) is 5.91 Å². The zero-order valence-electron chi connectivity index (χ0n) is 18.5. The number of carbonyl (C=O) groups excluding carboxylic acids is 2. The molecule has 4 rings (SSSR count). The molecule has 0 atom stereocenters. The van der Waals surface area contributed by atoms with Crippen molar-refractivity contribution < 1.29 is 18.4 Å². The van der Waals surface area contributed by atoms with E-state index in [0.717, 1.165) is 37.8 Å². The Hall–Kier alpha value is -2.76. The van der Waals surface area contributed by atoms with E-state index in [2.05, 4.69) is 24.3 Å². The number of hydrogen-bond donors (Lipinski definition) is 0. The van der Waals surface area contributed by atoms with E-state index in [9.17, 15) is 18.4 Å². The van der Waals surface area contributed by atoms with Crippen LogP contribution in [0.3, 0.4) is 0 Å². The molecule has 1 aliphatic carbocycles. The predicted octanol–water partition coefficient (Wildman–Crippen LogP) is 5.00. The second-order valence-corrected chi connectivity index (χ2v) is 9.06. The molecule has 0 aromatic heterocycles. The first-order chi connectivity index (χ1) is 15.4. The lowest BCUT2D eigenvalue weighted by atomic mass is 9.81. The van der Waals surface area contributed by atoms with Gasteiger partial charge in [-0.15, -0.1) is 0 Å². The van der Waals surface area contributed by atoms with E-state index in [1.807, 2.05) is 18.0 Å². The highest BCUT2D eigenvalue weighted by Crippen LogP contribution is 2.35. The maximum atomic E-state index is 14.0. The Kier molecular flexibility index (Phi) is 6.87. The molecule has 1 aliphatic heterocycles. The van der Waals surface area contributed by atoms with Crippen LogP contribution >= 0.6 is 0 Å². The maximum absolute atomic E-state index is 14.0. The topological polar surface area (TPSA) is 40.6 Å². The molecule has 0 spiro atoms. The number of rotatable bonds is 4. The van der Waals surface area contributed by atoms with E-state index < -0.39 is 17.5 Å². The molecule has 2 amide bonds. The molecule has 4 nitrogen and oxygen atoms in total. The van der Waals surface area contributed by atoms with Crippen LogP contribution < -0.4 is 0 Å². The summed E-state index contributed by atoms with van der Waals surface area (Å²) in [7, 11) is 1.90. The molecule has 1 saturated heterocycles. The Morgan fingerprint density at radius 1 is 0.906 bits per heavy atom. The number of nitrogens with zero attached hydrogens (tertiary/aromatic N) is 2. The molecule has 2 aliphatic rings. The number of halogens is 2. The third kappa shape index (κ3) is 4.84. The van der Waals surface area contributed by atoms with E-state index in [-0.39, 0.29) is 23.4 Å². The largest absolute Gasteiger partial charge is 0.343 e. The van der Waals surface area contributed by atoms with Crippen molar-refractivity contribution in [2.75, 3.05) is 20.1 Å². The van der Waals surface area contributed by atoms with Crippen molar-refractivity contribution >= 4 is 11.8 Å². The van der Waals surface area contributed by atoms with Crippen molar-refractivity contribution in [3.8, 4) is 0 Å². The van der Waals surface area contributed by atoms with Crippen molar-refractivity contribution in [2.45, 2.75) is 50.5 Å². The molecule has 0 bridgehead atoms. The van der Waals surface area contributed by atoms with Crippen molar-refractivity contribution in [1.29, 1.82) is 0 Å². The second kappa shape index (κ2) is 9.80. The molecule has 6 heteroatoms. The van der Waals surface area contributed by atoms with Gasteiger partial charge >= 0.3 is 0 Å². The van der Waals surface area contributed by atoms with Crippen LogP contribution in [0.1, 0.15) is 60.4 Å². The van der Waals surface area contributed by atoms with E-state index >= 15 is 0 Å². The summed E-state index contributed by atoms with van der Waals surface area (Å²) in [5, 5.41) is 0. The van der Waals surface area contributed by atoms with Crippen LogP contribution in [0, 0.1) is 17.6 Å². The first kappa shape index (κ1) is 22.4. The van der Waals surface area contributed by atoms with Crippen LogP contribution in [0.15, 0.2) is 48.5 Å². The molecular weight excluding hydrogens is 410 g/mol. The van der Waals surface area contributed by atoms with Gasteiger partial charge in [0.05, 0.1) is 5.56 Å². The Bertz CT molecular complexity index is 950. The predicted molar refractivity (Wildman–Crippen MR) is 119 cm³/mol. The summed E-state index contributed by atoms with van der Waals surface area (Å²) in [5.74, 6) is -1.40. The molecule has 0 radical (unpaired) electrons. The summed E-state index contributed by atoms with van der Waals surface area (Å²) in [6.07, 6.45) is 5.31. The standard InChI is InChI=1S/C26H30F2N2O2/c1-29(22-10-7-19(8-11-22)18-5-3-2-4-6-18)25(31)20-13-15-30(16-14-20)26(32)23-12-9-21(27)17-24(23)28/h2-6,9,12,17,19-20,22H,7-8,10-11,13-16H2,1H3. The number of hydrogen-bond acceptors (Lipinski definition) is 2. The van der Waals surface area contributed by atoms with Crippen molar-refractivity contribution in [1.82, 2.24) is 9.80 Å². The molecule has 0 N–H and O–H groups in total. The Morgan fingerprint density at radius 3 is 2.19 bits per heavy atom. The first-order valence-corrected chi connectivity index (χ1v) is 11.5. The Balaban J connectivity index is 1.28. The molecule has 170 valence electrons. The first-order valence-electron chi connectivity index (χ1n) is 11.5.